The molecule has 7 nitrogen and oxygen atoms in total. The van der Waals surface area contributed by atoms with E-state index in [4.69, 9.17) is 27.6 Å². The molecule has 11 heteroatoms. The number of carbonyl (C=O) groups excluding carboxylic acids is 1. The molecule has 0 bridgehead atoms. The van der Waals surface area contributed by atoms with Gasteiger partial charge in [-0.2, -0.15) is 0 Å². The molecule has 0 saturated carbocycles. The Balaban J connectivity index is 1.68. The third kappa shape index (κ3) is 4.73. The minimum atomic E-state index is -3.33. The number of hydrogen-bond donors (Lipinski definition) is 1. The molecule has 0 fully saturated rings. The molecule has 0 aliphatic rings. The number of thioether (sulfide) groups is 1. The zero-order chi connectivity index (χ0) is 19.6. The van der Waals surface area contributed by atoms with Crippen molar-refractivity contribution in [1.29, 1.82) is 0 Å². The van der Waals surface area contributed by atoms with Crippen LogP contribution in [0.3, 0.4) is 0 Å². The summed E-state index contributed by atoms with van der Waals surface area (Å²) in [5.41, 5.74) is 0.852. The Morgan fingerprint density at radius 1 is 1.30 bits per heavy atom. The van der Waals surface area contributed by atoms with Crippen LogP contribution in [0.1, 0.15) is 6.92 Å². The number of benzene rings is 1. The summed E-state index contributed by atoms with van der Waals surface area (Å²) < 4.78 is 29.4. The first kappa shape index (κ1) is 19.9. The molecule has 1 N–H and O–H groups in total. The molecule has 1 amide bonds. The number of fused-ring (bicyclic) bond motifs is 1. The first-order valence-corrected chi connectivity index (χ1v) is 11.0. The van der Waals surface area contributed by atoms with Crippen molar-refractivity contribution < 1.29 is 17.6 Å². The topological polar surface area (TPSA) is 102 Å². The smallest absolute Gasteiger partial charge is 0.257 e. The lowest BCUT2D eigenvalue weighted by molar-refractivity contribution is -0.113. The summed E-state index contributed by atoms with van der Waals surface area (Å²) in [5, 5.41) is 3.41. The third-order valence-corrected chi connectivity index (χ3v) is 6.53. The first-order chi connectivity index (χ1) is 12.8. The van der Waals surface area contributed by atoms with Gasteiger partial charge in [0.15, 0.2) is 21.2 Å². The largest absolute Gasteiger partial charge is 0.431 e. The Hall–Kier alpha value is -1.81. The van der Waals surface area contributed by atoms with Gasteiger partial charge in [0.25, 0.3) is 5.22 Å². The van der Waals surface area contributed by atoms with Crippen molar-refractivity contribution in [2.24, 2.45) is 0 Å². The SMILES string of the molecule is CCS(=O)(=O)c1ccc2oc(SCC(=O)Nc3ncc(Cl)cc3Cl)nc2c1. The Kier molecular flexibility index (Phi) is 5.95. The average molecular weight is 446 g/mol. The lowest BCUT2D eigenvalue weighted by Crippen LogP contribution is -2.15. The molecule has 27 heavy (non-hydrogen) atoms. The number of aromatic nitrogens is 2. The van der Waals surface area contributed by atoms with E-state index in [2.05, 4.69) is 15.3 Å². The summed E-state index contributed by atoms with van der Waals surface area (Å²) in [6.45, 7) is 1.57. The number of pyridine rings is 1. The van der Waals surface area contributed by atoms with E-state index in [1.807, 2.05) is 0 Å². The van der Waals surface area contributed by atoms with Gasteiger partial charge in [0.2, 0.25) is 5.91 Å². The highest BCUT2D eigenvalue weighted by Crippen LogP contribution is 2.27. The lowest BCUT2D eigenvalue weighted by atomic mass is 10.3. The van der Waals surface area contributed by atoms with E-state index in [1.54, 1.807) is 13.0 Å². The summed E-state index contributed by atoms with van der Waals surface area (Å²) in [6.07, 6.45) is 1.37. The van der Waals surface area contributed by atoms with Crippen molar-refractivity contribution in [2.75, 3.05) is 16.8 Å². The maximum atomic E-state index is 12.1. The van der Waals surface area contributed by atoms with Crippen LogP contribution in [0.25, 0.3) is 11.1 Å². The van der Waals surface area contributed by atoms with Gasteiger partial charge in [-0.05, 0) is 24.3 Å². The number of oxazole rings is 1. The highest BCUT2D eigenvalue weighted by Gasteiger charge is 2.16. The highest BCUT2D eigenvalue weighted by molar-refractivity contribution is 7.99. The summed E-state index contributed by atoms with van der Waals surface area (Å²) in [6, 6.07) is 5.95. The second-order valence-corrected chi connectivity index (χ2v) is 9.38. The average Bonchev–Trinajstić information content (AvgIpc) is 3.04. The minimum Gasteiger partial charge on any atom is -0.431 e. The van der Waals surface area contributed by atoms with E-state index < -0.39 is 9.84 Å². The molecule has 142 valence electrons. The second-order valence-electron chi connectivity index (χ2n) is 5.33. The number of hydrogen-bond acceptors (Lipinski definition) is 7. The van der Waals surface area contributed by atoms with E-state index in [0.717, 1.165) is 11.8 Å². The van der Waals surface area contributed by atoms with Crippen molar-refractivity contribution in [3.8, 4) is 0 Å². The number of sulfone groups is 1. The van der Waals surface area contributed by atoms with Gasteiger partial charge in [-0.15, -0.1) is 0 Å². The molecular weight excluding hydrogens is 433 g/mol. The van der Waals surface area contributed by atoms with Crippen LogP contribution in [0.4, 0.5) is 5.82 Å². The summed E-state index contributed by atoms with van der Waals surface area (Å²) >= 11 is 12.8. The molecule has 0 aliphatic carbocycles. The number of amides is 1. The molecule has 3 rings (SSSR count). The molecule has 2 aromatic heterocycles. The Labute approximate surface area is 169 Å². The van der Waals surface area contributed by atoms with E-state index in [0.29, 0.717) is 16.1 Å². The van der Waals surface area contributed by atoms with Crippen molar-refractivity contribution in [1.82, 2.24) is 9.97 Å². The minimum absolute atomic E-state index is 0.000566. The fourth-order valence-electron chi connectivity index (χ4n) is 2.11. The van der Waals surface area contributed by atoms with Crippen LogP contribution >= 0.6 is 35.0 Å². The Morgan fingerprint density at radius 3 is 2.78 bits per heavy atom. The molecular formula is C16H13Cl2N3O4S2. The number of anilines is 1. The van der Waals surface area contributed by atoms with Gasteiger partial charge in [-0.3, -0.25) is 4.79 Å². The van der Waals surface area contributed by atoms with Crippen LogP contribution in [0.15, 0.2) is 45.0 Å². The van der Waals surface area contributed by atoms with Crippen molar-refractivity contribution in [3.05, 3.63) is 40.5 Å². The van der Waals surface area contributed by atoms with Crippen molar-refractivity contribution in [2.45, 2.75) is 17.0 Å². The van der Waals surface area contributed by atoms with Gasteiger partial charge < -0.3 is 9.73 Å². The maximum absolute atomic E-state index is 12.1. The molecule has 2 heterocycles. The fourth-order valence-corrected chi connectivity index (χ4v) is 4.08. The Morgan fingerprint density at radius 2 is 2.07 bits per heavy atom. The van der Waals surface area contributed by atoms with Crippen LogP contribution in [0.2, 0.25) is 10.0 Å². The third-order valence-electron chi connectivity index (χ3n) is 3.47. The maximum Gasteiger partial charge on any atom is 0.257 e. The zero-order valence-corrected chi connectivity index (χ0v) is 17.0. The van der Waals surface area contributed by atoms with E-state index in [-0.39, 0.29) is 38.4 Å². The molecule has 0 aliphatic heterocycles. The quantitative estimate of drug-likeness (QED) is 0.570. The lowest BCUT2D eigenvalue weighted by Gasteiger charge is -2.05. The van der Waals surface area contributed by atoms with Gasteiger partial charge in [0.05, 0.1) is 26.4 Å². The molecule has 0 atom stereocenters. The number of nitrogens with one attached hydrogen (secondary N) is 1. The van der Waals surface area contributed by atoms with Crippen LogP contribution < -0.4 is 5.32 Å². The summed E-state index contributed by atoms with van der Waals surface area (Å²) in [5.74, 6) is -0.139. The van der Waals surface area contributed by atoms with Crippen LogP contribution in [-0.2, 0) is 14.6 Å². The Bertz CT molecular complexity index is 1120. The fraction of sp³-hybridized carbons (Fsp3) is 0.188. The summed E-state index contributed by atoms with van der Waals surface area (Å²) in [4.78, 5) is 20.4. The summed E-state index contributed by atoms with van der Waals surface area (Å²) in [7, 11) is -3.33. The van der Waals surface area contributed by atoms with Gasteiger partial charge in [-0.1, -0.05) is 41.9 Å². The van der Waals surface area contributed by atoms with E-state index in [1.165, 1.54) is 24.4 Å². The number of rotatable bonds is 6. The zero-order valence-electron chi connectivity index (χ0n) is 13.9. The monoisotopic (exact) mass is 445 g/mol. The predicted molar refractivity (Wildman–Crippen MR) is 105 cm³/mol. The molecule has 3 aromatic rings. The van der Waals surface area contributed by atoms with Crippen LogP contribution in [0.5, 0.6) is 0 Å². The van der Waals surface area contributed by atoms with Gasteiger partial charge in [-0.25, -0.2) is 18.4 Å². The predicted octanol–water partition coefficient (Wildman–Crippen LogP) is 4.05. The highest BCUT2D eigenvalue weighted by atomic mass is 35.5. The molecule has 0 unspecified atom stereocenters. The van der Waals surface area contributed by atoms with Crippen LogP contribution in [0, 0.1) is 0 Å². The van der Waals surface area contributed by atoms with Crippen LogP contribution in [-0.4, -0.2) is 35.8 Å². The number of nitrogens with zero attached hydrogens (tertiary/aromatic N) is 2. The van der Waals surface area contributed by atoms with Gasteiger partial charge in [0, 0.05) is 6.20 Å². The van der Waals surface area contributed by atoms with Crippen molar-refractivity contribution in [3.63, 3.8) is 0 Å². The second kappa shape index (κ2) is 8.05. The standard InChI is InChI=1S/C16H13Cl2N3O4S2/c1-2-27(23,24)10-3-4-13-12(6-10)20-16(25-13)26-8-14(22)21-15-11(18)5-9(17)7-19-15/h3-7H,2,8H2,1H3,(H,19,21,22). The molecule has 1 aromatic carbocycles. The van der Waals surface area contributed by atoms with E-state index >= 15 is 0 Å². The number of carbonyl (C=O) groups is 1. The normalized spacial score (nSPS) is 11.7. The molecule has 0 radical (unpaired) electrons. The number of halogens is 2. The van der Waals surface area contributed by atoms with E-state index in [9.17, 15) is 13.2 Å². The van der Waals surface area contributed by atoms with Crippen molar-refractivity contribution >= 4 is 67.6 Å². The first-order valence-electron chi connectivity index (χ1n) is 7.65. The molecule has 0 saturated heterocycles. The van der Waals surface area contributed by atoms with Gasteiger partial charge in [0.1, 0.15) is 5.52 Å². The van der Waals surface area contributed by atoms with Gasteiger partial charge >= 0.3 is 0 Å². The molecule has 0 spiro atoms.